The van der Waals surface area contributed by atoms with Crippen molar-refractivity contribution in [3.05, 3.63) is 35.9 Å². The molecule has 1 aliphatic heterocycles. The lowest BCUT2D eigenvalue weighted by Crippen LogP contribution is -2.56. The first-order valence-electron chi connectivity index (χ1n) is 6.89. The molecule has 1 heterocycles. The van der Waals surface area contributed by atoms with Crippen LogP contribution in [0.15, 0.2) is 30.3 Å². The molecule has 1 aromatic carbocycles. The zero-order valence-corrected chi connectivity index (χ0v) is 11.5. The molecule has 0 saturated carbocycles. The summed E-state index contributed by atoms with van der Waals surface area (Å²) in [6.45, 7) is 6.42. The van der Waals surface area contributed by atoms with E-state index in [0.29, 0.717) is 12.1 Å². The fraction of sp³-hybridized carbons (Fsp3) is 0.600. The van der Waals surface area contributed by atoms with Gasteiger partial charge in [0, 0.05) is 31.7 Å². The van der Waals surface area contributed by atoms with Gasteiger partial charge in [0.15, 0.2) is 0 Å². The predicted octanol–water partition coefficient (Wildman–Crippen LogP) is 1.54. The Kier molecular flexibility index (Phi) is 4.75. The largest absolute Gasteiger partial charge is 0.330 e. The van der Waals surface area contributed by atoms with E-state index in [1.165, 1.54) is 5.56 Å². The first-order valence-corrected chi connectivity index (χ1v) is 6.89. The van der Waals surface area contributed by atoms with E-state index in [0.717, 1.165) is 32.6 Å². The van der Waals surface area contributed by atoms with Gasteiger partial charge < -0.3 is 5.73 Å². The molecule has 1 aromatic rings. The number of piperazine rings is 1. The monoisotopic (exact) mass is 247 g/mol. The lowest BCUT2D eigenvalue weighted by Gasteiger charge is -2.44. The molecule has 2 unspecified atom stereocenters. The Labute approximate surface area is 111 Å². The van der Waals surface area contributed by atoms with Crippen molar-refractivity contribution in [2.45, 2.75) is 32.0 Å². The molecular formula is C15H25N3. The van der Waals surface area contributed by atoms with Crippen molar-refractivity contribution < 1.29 is 0 Å². The van der Waals surface area contributed by atoms with Gasteiger partial charge in [0.2, 0.25) is 0 Å². The van der Waals surface area contributed by atoms with Crippen LogP contribution in [0, 0.1) is 0 Å². The van der Waals surface area contributed by atoms with Crippen molar-refractivity contribution >= 4 is 0 Å². The minimum absolute atomic E-state index is 0.600. The normalized spacial score (nSPS) is 26.4. The summed E-state index contributed by atoms with van der Waals surface area (Å²) < 4.78 is 0. The summed E-state index contributed by atoms with van der Waals surface area (Å²) in [7, 11) is 2.23. The van der Waals surface area contributed by atoms with Crippen LogP contribution in [0.2, 0.25) is 0 Å². The number of nitrogens with two attached hydrogens (primary N) is 1. The number of likely N-dealkylation sites (N-methyl/N-ethyl adjacent to an activating group) is 1. The molecule has 0 amide bonds. The average Bonchev–Trinajstić information content (AvgIpc) is 2.37. The van der Waals surface area contributed by atoms with Crippen LogP contribution in [0.3, 0.4) is 0 Å². The van der Waals surface area contributed by atoms with Gasteiger partial charge in [-0.05, 0) is 32.5 Å². The van der Waals surface area contributed by atoms with Gasteiger partial charge in [-0.1, -0.05) is 30.3 Å². The standard InChI is InChI=1S/C15H25N3/c1-13-10-18(11-14-6-4-3-5-7-14)12-15(8-9-16)17(13)2/h3-7,13,15H,8-12,16H2,1-2H3. The maximum Gasteiger partial charge on any atom is 0.0235 e. The molecule has 2 atom stereocenters. The third kappa shape index (κ3) is 3.31. The second-order valence-electron chi connectivity index (χ2n) is 5.43. The molecule has 1 aliphatic rings. The first-order chi connectivity index (χ1) is 8.70. The van der Waals surface area contributed by atoms with E-state index in [9.17, 15) is 0 Å². The third-order valence-electron chi connectivity index (χ3n) is 4.01. The van der Waals surface area contributed by atoms with Crippen LogP contribution in [0.5, 0.6) is 0 Å². The van der Waals surface area contributed by atoms with Gasteiger partial charge in [0.25, 0.3) is 0 Å². The fourth-order valence-electron chi connectivity index (χ4n) is 2.82. The summed E-state index contributed by atoms with van der Waals surface area (Å²) in [6, 6.07) is 11.9. The van der Waals surface area contributed by atoms with Crippen molar-refractivity contribution in [1.82, 2.24) is 9.80 Å². The highest BCUT2D eigenvalue weighted by atomic mass is 15.3. The van der Waals surface area contributed by atoms with Crippen LogP contribution < -0.4 is 5.73 Å². The Morgan fingerprint density at radius 3 is 2.61 bits per heavy atom. The highest BCUT2D eigenvalue weighted by Crippen LogP contribution is 2.18. The van der Waals surface area contributed by atoms with Crippen molar-refractivity contribution in [2.75, 3.05) is 26.7 Å². The molecular weight excluding hydrogens is 222 g/mol. The topological polar surface area (TPSA) is 32.5 Å². The predicted molar refractivity (Wildman–Crippen MR) is 76.4 cm³/mol. The summed E-state index contributed by atoms with van der Waals surface area (Å²) in [5, 5.41) is 0. The van der Waals surface area contributed by atoms with E-state index in [1.807, 2.05) is 0 Å². The molecule has 0 radical (unpaired) electrons. The van der Waals surface area contributed by atoms with Crippen LogP contribution in [0.25, 0.3) is 0 Å². The molecule has 0 aliphatic carbocycles. The summed E-state index contributed by atoms with van der Waals surface area (Å²) in [6.07, 6.45) is 1.09. The molecule has 100 valence electrons. The first kappa shape index (κ1) is 13.5. The molecule has 3 nitrogen and oxygen atoms in total. The Bertz CT molecular complexity index is 352. The van der Waals surface area contributed by atoms with Crippen LogP contribution in [-0.4, -0.2) is 48.6 Å². The van der Waals surface area contributed by atoms with E-state index in [4.69, 9.17) is 5.73 Å². The fourth-order valence-corrected chi connectivity index (χ4v) is 2.82. The molecule has 2 rings (SSSR count). The molecule has 1 saturated heterocycles. The Morgan fingerprint density at radius 1 is 1.22 bits per heavy atom. The molecule has 0 aromatic heterocycles. The zero-order chi connectivity index (χ0) is 13.0. The van der Waals surface area contributed by atoms with Gasteiger partial charge in [-0.25, -0.2) is 0 Å². The molecule has 0 spiro atoms. The van der Waals surface area contributed by atoms with E-state index < -0.39 is 0 Å². The number of hydrogen-bond donors (Lipinski definition) is 1. The van der Waals surface area contributed by atoms with Gasteiger partial charge in [-0.2, -0.15) is 0 Å². The van der Waals surface area contributed by atoms with Gasteiger partial charge >= 0.3 is 0 Å². The van der Waals surface area contributed by atoms with Crippen LogP contribution in [0.1, 0.15) is 18.9 Å². The van der Waals surface area contributed by atoms with Gasteiger partial charge in [-0.3, -0.25) is 9.80 Å². The van der Waals surface area contributed by atoms with Crippen molar-refractivity contribution in [2.24, 2.45) is 5.73 Å². The highest BCUT2D eigenvalue weighted by molar-refractivity contribution is 5.14. The molecule has 2 N–H and O–H groups in total. The highest BCUT2D eigenvalue weighted by Gasteiger charge is 2.28. The minimum Gasteiger partial charge on any atom is -0.330 e. The van der Waals surface area contributed by atoms with Gasteiger partial charge in [0.1, 0.15) is 0 Å². The van der Waals surface area contributed by atoms with Gasteiger partial charge in [-0.15, -0.1) is 0 Å². The lowest BCUT2D eigenvalue weighted by molar-refractivity contribution is 0.0443. The quantitative estimate of drug-likeness (QED) is 0.876. The van der Waals surface area contributed by atoms with Crippen molar-refractivity contribution in [1.29, 1.82) is 0 Å². The maximum absolute atomic E-state index is 5.72. The van der Waals surface area contributed by atoms with E-state index in [-0.39, 0.29) is 0 Å². The second-order valence-corrected chi connectivity index (χ2v) is 5.43. The van der Waals surface area contributed by atoms with Crippen LogP contribution in [-0.2, 0) is 6.54 Å². The average molecular weight is 247 g/mol. The number of rotatable bonds is 4. The summed E-state index contributed by atoms with van der Waals surface area (Å²) >= 11 is 0. The summed E-state index contributed by atoms with van der Waals surface area (Å²) in [5.41, 5.74) is 7.12. The van der Waals surface area contributed by atoms with E-state index >= 15 is 0 Å². The van der Waals surface area contributed by atoms with E-state index in [2.05, 4.69) is 54.1 Å². The van der Waals surface area contributed by atoms with E-state index in [1.54, 1.807) is 0 Å². The Balaban J connectivity index is 1.97. The summed E-state index contributed by atoms with van der Waals surface area (Å²) in [5.74, 6) is 0. The smallest absolute Gasteiger partial charge is 0.0235 e. The molecule has 0 bridgehead atoms. The third-order valence-corrected chi connectivity index (χ3v) is 4.01. The lowest BCUT2D eigenvalue weighted by atomic mass is 10.0. The zero-order valence-electron chi connectivity index (χ0n) is 11.5. The summed E-state index contributed by atoms with van der Waals surface area (Å²) in [4.78, 5) is 5.04. The van der Waals surface area contributed by atoms with Crippen LogP contribution in [0.4, 0.5) is 0 Å². The van der Waals surface area contributed by atoms with Crippen molar-refractivity contribution in [3.63, 3.8) is 0 Å². The number of nitrogens with zero attached hydrogens (tertiary/aromatic N) is 2. The minimum atomic E-state index is 0.600. The molecule has 18 heavy (non-hydrogen) atoms. The van der Waals surface area contributed by atoms with Crippen LogP contribution >= 0.6 is 0 Å². The Hall–Kier alpha value is -0.900. The molecule has 3 heteroatoms. The number of benzene rings is 1. The second kappa shape index (κ2) is 6.32. The SMILES string of the molecule is CC1CN(Cc2ccccc2)CC(CCN)N1C. The number of hydrogen-bond acceptors (Lipinski definition) is 3. The Morgan fingerprint density at radius 2 is 1.94 bits per heavy atom. The van der Waals surface area contributed by atoms with Gasteiger partial charge in [0.05, 0.1) is 0 Å². The van der Waals surface area contributed by atoms with Crippen molar-refractivity contribution in [3.8, 4) is 0 Å². The maximum atomic E-state index is 5.72. The molecule has 1 fully saturated rings.